The summed E-state index contributed by atoms with van der Waals surface area (Å²) in [5, 5.41) is 3.18. The van der Waals surface area contributed by atoms with Crippen LogP contribution in [0.1, 0.15) is 11.1 Å². The number of rotatable bonds is 6. The summed E-state index contributed by atoms with van der Waals surface area (Å²) in [5.41, 5.74) is 4.17. The van der Waals surface area contributed by atoms with Crippen LogP contribution in [-0.4, -0.2) is 43.3 Å². The van der Waals surface area contributed by atoms with Crippen molar-refractivity contribution in [3.63, 3.8) is 0 Å². The lowest BCUT2D eigenvalue weighted by molar-refractivity contribution is 0.328. The summed E-state index contributed by atoms with van der Waals surface area (Å²) >= 11 is 1.69. The van der Waals surface area contributed by atoms with Crippen LogP contribution in [0.25, 0.3) is 17.4 Å². The molecule has 2 aromatic carbocycles. The first-order valence-corrected chi connectivity index (χ1v) is 11.0. The molecule has 0 fully saturated rings. The first-order valence-electron chi connectivity index (χ1n) is 10.00. The maximum absolute atomic E-state index is 5.09. The van der Waals surface area contributed by atoms with Crippen molar-refractivity contribution >= 4 is 29.1 Å². The molecular formula is C23H22N6S. The zero-order chi connectivity index (χ0) is 20.3. The second kappa shape index (κ2) is 8.28. The Morgan fingerprint density at radius 2 is 1.93 bits per heavy atom. The fraction of sp³-hybridized carbons (Fsp3) is 0.217. The molecule has 30 heavy (non-hydrogen) atoms. The van der Waals surface area contributed by atoms with E-state index in [2.05, 4.69) is 86.5 Å². The van der Waals surface area contributed by atoms with Gasteiger partial charge in [-0.05, 0) is 30.5 Å². The van der Waals surface area contributed by atoms with E-state index in [9.17, 15) is 0 Å². The summed E-state index contributed by atoms with van der Waals surface area (Å²) in [6.45, 7) is 3.06. The molecule has 150 valence electrons. The van der Waals surface area contributed by atoms with E-state index in [0.29, 0.717) is 5.65 Å². The van der Waals surface area contributed by atoms with Crippen molar-refractivity contribution in [2.45, 2.75) is 24.5 Å². The molecule has 0 bridgehead atoms. The van der Waals surface area contributed by atoms with Gasteiger partial charge in [0.25, 0.3) is 0 Å². The van der Waals surface area contributed by atoms with E-state index in [1.807, 2.05) is 0 Å². The molecule has 1 aliphatic rings. The first-order chi connectivity index (χ1) is 14.8. The van der Waals surface area contributed by atoms with E-state index in [1.165, 1.54) is 16.3 Å². The summed E-state index contributed by atoms with van der Waals surface area (Å²) in [7, 11) is 0. The van der Waals surface area contributed by atoms with Crippen LogP contribution in [0.2, 0.25) is 0 Å². The summed E-state index contributed by atoms with van der Waals surface area (Å²) in [5.74, 6) is 0.795. The molecule has 1 N–H and O–H groups in total. The number of nitrogens with one attached hydrogen (secondary N) is 1. The van der Waals surface area contributed by atoms with Crippen LogP contribution < -0.4 is 10.6 Å². The maximum Gasteiger partial charge on any atom is 0.181 e. The Balaban J connectivity index is 1.42. The van der Waals surface area contributed by atoms with Gasteiger partial charge in [-0.1, -0.05) is 54.2 Å². The summed E-state index contributed by atoms with van der Waals surface area (Å²) in [4.78, 5) is 23.5. The number of H-pyrrole nitrogens is 1. The molecule has 7 heteroatoms. The molecule has 1 aliphatic heterocycles. The van der Waals surface area contributed by atoms with E-state index in [-0.39, 0.29) is 6.17 Å². The number of benzene rings is 2. The van der Waals surface area contributed by atoms with Crippen molar-refractivity contribution in [3.8, 4) is 0 Å². The van der Waals surface area contributed by atoms with E-state index in [1.54, 1.807) is 24.4 Å². The van der Waals surface area contributed by atoms with Gasteiger partial charge in [-0.25, -0.2) is 15.0 Å². The highest BCUT2D eigenvalue weighted by Gasteiger charge is 2.19. The van der Waals surface area contributed by atoms with Gasteiger partial charge in [-0.15, -0.1) is 0 Å². The molecule has 0 radical (unpaired) electrons. The highest BCUT2D eigenvalue weighted by molar-refractivity contribution is 7.99. The Kier molecular flexibility index (Phi) is 5.19. The minimum atomic E-state index is 0.0425. The van der Waals surface area contributed by atoms with Crippen LogP contribution in [0.15, 0.2) is 71.2 Å². The molecule has 1 unspecified atom stereocenters. The Morgan fingerprint density at radius 1 is 1.03 bits per heavy atom. The topological polar surface area (TPSA) is 70.1 Å². The number of nitrogens with zero attached hydrogens (tertiary/aromatic N) is 5. The third-order valence-corrected chi connectivity index (χ3v) is 6.37. The number of aryl methyl sites for hydroxylation is 1. The second-order valence-electron chi connectivity index (χ2n) is 7.31. The summed E-state index contributed by atoms with van der Waals surface area (Å²) in [6.07, 6.45) is 6.53. The number of aromatic nitrogens is 4. The fourth-order valence-electron chi connectivity index (χ4n) is 3.69. The van der Waals surface area contributed by atoms with Crippen molar-refractivity contribution in [2.75, 3.05) is 12.3 Å². The summed E-state index contributed by atoms with van der Waals surface area (Å²) in [6, 6.07) is 16.9. The van der Waals surface area contributed by atoms with Crippen LogP contribution in [0.5, 0.6) is 0 Å². The molecule has 5 rings (SSSR count). The highest BCUT2D eigenvalue weighted by Crippen LogP contribution is 2.24. The van der Waals surface area contributed by atoms with Crippen LogP contribution in [0.4, 0.5) is 0 Å². The molecule has 0 amide bonds. The lowest BCUT2D eigenvalue weighted by Gasteiger charge is -2.30. The van der Waals surface area contributed by atoms with Gasteiger partial charge in [-0.2, -0.15) is 0 Å². The van der Waals surface area contributed by atoms with Gasteiger partial charge in [0.05, 0.1) is 11.7 Å². The average Bonchev–Trinajstić information content (AvgIpc) is 3.27. The molecule has 6 nitrogen and oxygen atoms in total. The van der Waals surface area contributed by atoms with E-state index in [4.69, 9.17) is 4.99 Å². The Bertz CT molecular complexity index is 1280. The zero-order valence-electron chi connectivity index (χ0n) is 16.7. The van der Waals surface area contributed by atoms with Gasteiger partial charge in [0.2, 0.25) is 0 Å². The molecule has 3 heterocycles. The van der Waals surface area contributed by atoms with Gasteiger partial charge in [0.1, 0.15) is 23.0 Å². The van der Waals surface area contributed by atoms with Crippen molar-refractivity contribution in [2.24, 2.45) is 4.99 Å². The SMILES string of the molecule is Cc1cccc2c1=CN(CCc1ccccc1)C(CSc1ncnc3nc[nH]c13)N=2. The van der Waals surface area contributed by atoms with Crippen LogP contribution in [-0.2, 0) is 6.42 Å². The van der Waals surface area contributed by atoms with Gasteiger partial charge in [-0.3, -0.25) is 4.99 Å². The van der Waals surface area contributed by atoms with Crippen LogP contribution in [0.3, 0.4) is 0 Å². The van der Waals surface area contributed by atoms with E-state index < -0.39 is 0 Å². The smallest absolute Gasteiger partial charge is 0.181 e. The molecular weight excluding hydrogens is 392 g/mol. The third-order valence-electron chi connectivity index (χ3n) is 5.33. The minimum Gasteiger partial charge on any atom is -0.354 e. The van der Waals surface area contributed by atoms with Crippen molar-refractivity contribution in [1.29, 1.82) is 0 Å². The van der Waals surface area contributed by atoms with E-state index >= 15 is 0 Å². The monoisotopic (exact) mass is 414 g/mol. The third kappa shape index (κ3) is 3.80. The van der Waals surface area contributed by atoms with Crippen molar-refractivity contribution in [3.05, 3.63) is 82.9 Å². The molecule has 2 aromatic heterocycles. The number of aromatic amines is 1. The van der Waals surface area contributed by atoms with Gasteiger partial charge in [0, 0.05) is 23.7 Å². The Morgan fingerprint density at radius 3 is 2.83 bits per heavy atom. The van der Waals surface area contributed by atoms with Crippen LogP contribution >= 0.6 is 11.8 Å². The Labute approximate surface area is 178 Å². The minimum absolute atomic E-state index is 0.0425. The van der Waals surface area contributed by atoms with E-state index in [0.717, 1.165) is 34.6 Å². The molecule has 1 atom stereocenters. The largest absolute Gasteiger partial charge is 0.354 e. The predicted molar refractivity (Wildman–Crippen MR) is 119 cm³/mol. The highest BCUT2D eigenvalue weighted by atomic mass is 32.2. The quantitative estimate of drug-likeness (QED) is 0.388. The average molecular weight is 415 g/mol. The van der Waals surface area contributed by atoms with Crippen LogP contribution in [0, 0.1) is 6.92 Å². The van der Waals surface area contributed by atoms with Gasteiger partial charge in [0.15, 0.2) is 5.65 Å². The second-order valence-corrected chi connectivity index (χ2v) is 8.32. The zero-order valence-corrected chi connectivity index (χ0v) is 17.5. The molecule has 0 saturated heterocycles. The molecule has 0 aliphatic carbocycles. The lowest BCUT2D eigenvalue weighted by atomic mass is 10.1. The van der Waals surface area contributed by atoms with Gasteiger partial charge < -0.3 is 9.88 Å². The molecule has 0 saturated carbocycles. The molecule has 0 spiro atoms. The van der Waals surface area contributed by atoms with Crippen molar-refractivity contribution in [1.82, 2.24) is 24.8 Å². The standard InChI is InChI=1S/C23H22N6S/c1-16-6-5-9-19-18(16)12-29(11-10-17-7-3-2-4-8-17)20(28-19)13-30-23-21-22(25-14-24-21)26-15-27-23/h2-9,12,14-15,20H,10-11,13H2,1H3,(H,24,25,26,27). The number of fused-ring (bicyclic) bond motifs is 2. The first kappa shape index (κ1) is 18.8. The number of thioether (sulfide) groups is 1. The van der Waals surface area contributed by atoms with Crippen molar-refractivity contribution < 1.29 is 0 Å². The van der Waals surface area contributed by atoms with Gasteiger partial charge >= 0.3 is 0 Å². The lowest BCUT2D eigenvalue weighted by Crippen LogP contribution is -2.44. The normalized spacial score (nSPS) is 15.5. The fourth-order valence-corrected chi connectivity index (χ4v) is 4.68. The maximum atomic E-state index is 5.09. The number of hydrogen-bond acceptors (Lipinski definition) is 6. The number of imidazole rings is 1. The molecule has 4 aromatic rings. The Hall–Kier alpha value is -3.19. The summed E-state index contributed by atoms with van der Waals surface area (Å²) < 4.78 is 0. The number of hydrogen-bond donors (Lipinski definition) is 1. The predicted octanol–water partition coefficient (Wildman–Crippen LogP) is 2.70.